The molecule has 2 aromatic carbocycles. The van der Waals surface area contributed by atoms with Crippen LogP contribution in [-0.4, -0.2) is 47.1 Å². The van der Waals surface area contributed by atoms with E-state index < -0.39 is 6.04 Å². The zero-order valence-electron chi connectivity index (χ0n) is 18.5. The van der Waals surface area contributed by atoms with E-state index in [0.29, 0.717) is 24.4 Å². The molecule has 1 atom stereocenters. The standard InChI is InChI=1S/C24H25N5O3S/c1-17-7-5-8-18(15-17)29(22(30)16-28-20-10-4-3-9-19(20)26-27-28)23(21-11-6-14-33-21)24(31)25-12-13-32-2/h3-11,14-15,23H,12-13,16H2,1-2H3,(H,25,31)/t23-/m0/s1. The molecule has 4 aromatic rings. The normalized spacial score (nSPS) is 11.9. The molecule has 0 saturated heterocycles. The lowest BCUT2D eigenvalue weighted by Gasteiger charge is -2.31. The number of para-hydroxylation sites is 1. The van der Waals surface area contributed by atoms with E-state index in [2.05, 4.69) is 15.6 Å². The second kappa shape index (κ2) is 10.4. The van der Waals surface area contributed by atoms with Gasteiger partial charge in [0.15, 0.2) is 0 Å². The number of rotatable bonds is 9. The molecule has 2 aromatic heterocycles. The minimum atomic E-state index is -0.828. The van der Waals surface area contributed by atoms with Crippen molar-refractivity contribution in [2.75, 3.05) is 25.2 Å². The largest absolute Gasteiger partial charge is 0.383 e. The number of hydrogen-bond acceptors (Lipinski definition) is 6. The quantitative estimate of drug-likeness (QED) is 0.385. The van der Waals surface area contributed by atoms with Crippen LogP contribution in [0.3, 0.4) is 0 Å². The number of amides is 2. The Kier molecular flexibility index (Phi) is 7.11. The van der Waals surface area contributed by atoms with E-state index in [1.54, 1.807) is 16.7 Å². The number of thiophene rings is 1. The maximum atomic E-state index is 13.8. The molecule has 0 fully saturated rings. The summed E-state index contributed by atoms with van der Waals surface area (Å²) in [5.74, 6) is -0.538. The number of fused-ring (bicyclic) bond motifs is 1. The molecule has 0 aliphatic rings. The first-order valence-electron chi connectivity index (χ1n) is 10.6. The summed E-state index contributed by atoms with van der Waals surface area (Å²) >= 11 is 1.43. The lowest BCUT2D eigenvalue weighted by molar-refractivity contribution is -0.127. The molecule has 2 amide bonds. The van der Waals surface area contributed by atoms with Crippen molar-refractivity contribution in [2.45, 2.75) is 19.5 Å². The van der Waals surface area contributed by atoms with Gasteiger partial charge in [-0.2, -0.15) is 0 Å². The first-order valence-corrected chi connectivity index (χ1v) is 11.4. The third-order valence-electron chi connectivity index (χ3n) is 5.18. The van der Waals surface area contributed by atoms with Crippen molar-refractivity contribution in [1.29, 1.82) is 0 Å². The SMILES string of the molecule is COCCNC(=O)[C@H](c1cccs1)N(C(=O)Cn1nnc2ccccc21)c1cccc(C)c1. The van der Waals surface area contributed by atoms with Crippen LogP contribution in [0.2, 0.25) is 0 Å². The summed E-state index contributed by atoms with van der Waals surface area (Å²) < 4.78 is 6.64. The number of carbonyl (C=O) groups is 2. The van der Waals surface area contributed by atoms with Crippen molar-refractivity contribution in [3.8, 4) is 0 Å². The zero-order chi connectivity index (χ0) is 23.2. The van der Waals surface area contributed by atoms with E-state index in [9.17, 15) is 9.59 Å². The predicted octanol–water partition coefficient (Wildman–Crippen LogP) is 3.34. The predicted molar refractivity (Wildman–Crippen MR) is 128 cm³/mol. The molecule has 0 spiro atoms. The molecule has 0 saturated carbocycles. The molecule has 4 rings (SSSR count). The van der Waals surface area contributed by atoms with Gasteiger partial charge in [0.2, 0.25) is 11.8 Å². The van der Waals surface area contributed by atoms with Crippen LogP contribution in [0.4, 0.5) is 5.69 Å². The van der Waals surface area contributed by atoms with Gasteiger partial charge in [-0.25, -0.2) is 4.68 Å². The van der Waals surface area contributed by atoms with Gasteiger partial charge in [0.05, 0.1) is 12.1 Å². The number of ether oxygens (including phenoxy) is 1. The van der Waals surface area contributed by atoms with Gasteiger partial charge in [-0.1, -0.05) is 35.5 Å². The van der Waals surface area contributed by atoms with Gasteiger partial charge in [0, 0.05) is 24.2 Å². The summed E-state index contributed by atoms with van der Waals surface area (Å²) in [6.45, 7) is 2.63. The van der Waals surface area contributed by atoms with Gasteiger partial charge in [-0.3, -0.25) is 14.5 Å². The first kappa shape index (κ1) is 22.6. The number of carbonyl (C=O) groups excluding carboxylic acids is 2. The van der Waals surface area contributed by atoms with Crippen LogP contribution in [0.25, 0.3) is 11.0 Å². The van der Waals surface area contributed by atoms with Crippen LogP contribution in [0.5, 0.6) is 0 Å². The van der Waals surface area contributed by atoms with Gasteiger partial charge in [0.1, 0.15) is 18.1 Å². The van der Waals surface area contributed by atoms with Crippen molar-refractivity contribution in [1.82, 2.24) is 20.3 Å². The number of nitrogens with one attached hydrogen (secondary N) is 1. The summed E-state index contributed by atoms with van der Waals surface area (Å²) in [6.07, 6.45) is 0. The number of benzene rings is 2. The Morgan fingerprint density at radius 2 is 2.00 bits per heavy atom. The highest BCUT2D eigenvalue weighted by Crippen LogP contribution is 2.31. The summed E-state index contributed by atoms with van der Waals surface area (Å²) in [5.41, 5.74) is 3.10. The van der Waals surface area contributed by atoms with Crippen LogP contribution < -0.4 is 10.2 Å². The Balaban J connectivity index is 1.74. The molecule has 0 bridgehead atoms. The fourth-order valence-corrected chi connectivity index (χ4v) is 4.46. The maximum absolute atomic E-state index is 13.8. The first-order chi connectivity index (χ1) is 16.1. The van der Waals surface area contributed by atoms with Crippen molar-refractivity contribution in [3.05, 3.63) is 76.5 Å². The van der Waals surface area contributed by atoms with Crippen LogP contribution in [0.1, 0.15) is 16.5 Å². The molecule has 170 valence electrons. The third-order valence-corrected chi connectivity index (χ3v) is 6.10. The van der Waals surface area contributed by atoms with Gasteiger partial charge in [0.25, 0.3) is 0 Å². The van der Waals surface area contributed by atoms with Gasteiger partial charge in [-0.05, 0) is 48.2 Å². The number of aryl methyl sites for hydroxylation is 1. The Hall–Kier alpha value is -3.56. The minimum absolute atomic E-state index is 0.0539. The summed E-state index contributed by atoms with van der Waals surface area (Å²) in [5, 5.41) is 13.1. The third kappa shape index (κ3) is 5.10. The van der Waals surface area contributed by atoms with Gasteiger partial charge < -0.3 is 10.1 Å². The van der Waals surface area contributed by atoms with E-state index in [1.165, 1.54) is 11.3 Å². The Bertz CT molecular complexity index is 1240. The van der Waals surface area contributed by atoms with Crippen LogP contribution in [-0.2, 0) is 20.9 Å². The number of methoxy groups -OCH3 is 1. The smallest absolute Gasteiger partial charge is 0.249 e. The van der Waals surface area contributed by atoms with E-state index in [4.69, 9.17) is 4.74 Å². The molecule has 9 heteroatoms. The molecule has 0 radical (unpaired) electrons. The van der Waals surface area contributed by atoms with Crippen molar-refractivity contribution in [3.63, 3.8) is 0 Å². The maximum Gasteiger partial charge on any atom is 0.249 e. The molecular formula is C24H25N5O3S. The van der Waals surface area contributed by atoms with Crippen molar-refractivity contribution in [2.24, 2.45) is 0 Å². The van der Waals surface area contributed by atoms with E-state index in [-0.39, 0.29) is 18.4 Å². The number of hydrogen-bond donors (Lipinski definition) is 1. The van der Waals surface area contributed by atoms with Crippen LogP contribution in [0, 0.1) is 6.92 Å². The lowest BCUT2D eigenvalue weighted by atomic mass is 10.1. The van der Waals surface area contributed by atoms with Crippen LogP contribution >= 0.6 is 11.3 Å². The Morgan fingerprint density at radius 3 is 2.76 bits per heavy atom. The van der Waals surface area contributed by atoms with Gasteiger partial charge >= 0.3 is 0 Å². The highest BCUT2D eigenvalue weighted by molar-refractivity contribution is 7.10. The molecular weight excluding hydrogens is 438 g/mol. The van der Waals surface area contributed by atoms with E-state index >= 15 is 0 Å². The molecule has 33 heavy (non-hydrogen) atoms. The fraction of sp³-hybridized carbons (Fsp3) is 0.250. The van der Waals surface area contributed by atoms with Gasteiger partial charge in [-0.15, -0.1) is 16.4 Å². The van der Waals surface area contributed by atoms with E-state index in [1.807, 2.05) is 73.0 Å². The molecule has 0 aliphatic heterocycles. The fourth-order valence-electron chi connectivity index (χ4n) is 3.65. The van der Waals surface area contributed by atoms with E-state index in [0.717, 1.165) is 16.0 Å². The molecule has 0 aliphatic carbocycles. The molecule has 0 unspecified atom stereocenters. The molecule has 8 nitrogen and oxygen atoms in total. The highest BCUT2D eigenvalue weighted by Gasteiger charge is 2.34. The molecule has 1 N–H and O–H groups in total. The number of aromatic nitrogens is 3. The second-order valence-electron chi connectivity index (χ2n) is 7.54. The van der Waals surface area contributed by atoms with Crippen LogP contribution in [0.15, 0.2) is 66.0 Å². The average molecular weight is 464 g/mol. The topological polar surface area (TPSA) is 89.4 Å². The second-order valence-corrected chi connectivity index (χ2v) is 8.52. The monoisotopic (exact) mass is 463 g/mol. The average Bonchev–Trinajstić information content (AvgIpc) is 3.48. The lowest BCUT2D eigenvalue weighted by Crippen LogP contribution is -2.45. The Labute approximate surface area is 195 Å². The molecule has 2 heterocycles. The highest BCUT2D eigenvalue weighted by atomic mass is 32.1. The van der Waals surface area contributed by atoms with Crippen molar-refractivity contribution < 1.29 is 14.3 Å². The summed E-state index contributed by atoms with van der Waals surface area (Å²) in [6, 6.07) is 18.0. The minimum Gasteiger partial charge on any atom is -0.383 e. The summed E-state index contributed by atoms with van der Waals surface area (Å²) in [4.78, 5) is 29.4. The zero-order valence-corrected chi connectivity index (χ0v) is 19.3. The number of nitrogens with zero attached hydrogens (tertiary/aromatic N) is 4. The Morgan fingerprint density at radius 1 is 1.15 bits per heavy atom. The summed E-state index contributed by atoms with van der Waals surface area (Å²) in [7, 11) is 1.58. The van der Waals surface area contributed by atoms with Crippen molar-refractivity contribution >= 4 is 39.9 Å². The number of anilines is 1.